The quantitative estimate of drug-likeness (QED) is 0.830. The number of thiophene rings is 1. The molecule has 2 heterocycles. The highest BCUT2D eigenvalue weighted by Gasteiger charge is 2.42. The zero-order chi connectivity index (χ0) is 14.2. The lowest BCUT2D eigenvalue weighted by atomic mass is 10.1. The first kappa shape index (κ1) is 14.5. The largest absolute Gasteiger partial charge is 0.376 e. The van der Waals surface area contributed by atoms with Crippen LogP contribution >= 0.6 is 11.3 Å². The van der Waals surface area contributed by atoms with E-state index in [4.69, 9.17) is 4.74 Å². The molecule has 112 valence electrons. The van der Waals surface area contributed by atoms with Crippen molar-refractivity contribution in [3.63, 3.8) is 0 Å². The Morgan fingerprint density at radius 1 is 1.35 bits per heavy atom. The maximum absolute atomic E-state index is 12.4. The molecule has 1 saturated heterocycles. The lowest BCUT2D eigenvalue weighted by molar-refractivity contribution is 0.0848. The van der Waals surface area contributed by atoms with Crippen molar-refractivity contribution in [1.29, 1.82) is 0 Å². The van der Waals surface area contributed by atoms with Gasteiger partial charge in [0, 0.05) is 18.0 Å². The summed E-state index contributed by atoms with van der Waals surface area (Å²) in [7, 11) is -1.57. The summed E-state index contributed by atoms with van der Waals surface area (Å²) < 4.78 is 33.7. The Labute approximate surface area is 123 Å². The molecule has 2 atom stereocenters. The maximum atomic E-state index is 12.4. The van der Waals surface area contributed by atoms with E-state index >= 15 is 0 Å². The average Bonchev–Trinajstić information content (AvgIpc) is 2.95. The molecule has 20 heavy (non-hydrogen) atoms. The Morgan fingerprint density at radius 2 is 2.15 bits per heavy atom. The van der Waals surface area contributed by atoms with E-state index in [1.54, 1.807) is 6.07 Å². The highest BCUT2D eigenvalue weighted by Crippen LogP contribution is 2.39. The summed E-state index contributed by atoms with van der Waals surface area (Å²) in [6.07, 6.45) is 3.17. The summed E-state index contributed by atoms with van der Waals surface area (Å²) in [6.45, 7) is 1.35. The SMILES string of the molecule is CNCc1ccc(S(=O)(=O)NC2CCOC2C2CC2)s1. The smallest absolute Gasteiger partial charge is 0.250 e. The second-order valence-electron chi connectivity index (χ2n) is 5.44. The number of ether oxygens (including phenoxy) is 1. The van der Waals surface area contributed by atoms with Gasteiger partial charge < -0.3 is 10.1 Å². The van der Waals surface area contributed by atoms with E-state index < -0.39 is 10.0 Å². The van der Waals surface area contributed by atoms with Gasteiger partial charge in [-0.3, -0.25) is 0 Å². The molecule has 0 radical (unpaired) electrons. The maximum Gasteiger partial charge on any atom is 0.250 e. The third-order valence-corrected chi connectivity index (χ3v) is 6.85. The van der Waals surface area contributed by atoms with Crippen molar-refractivity contribution in [1.82, 2.24) is 10.0 Å². The van der Waals surface area contributed by atoms with Crippen LogP contribution in [0.15, 0.2) is 16.3 Å². The molecule has 0 spiro atoms. The molecule has 2 fully saturated rings. The van der Waals surface area contributed by atoms with E-state index in [1.807, 2.05) is 13.1 Å². The van der Waals surface area contributed by atoms with Crippen molar-refractivity contribution in [2.24, 2.45) is 5.92 Å². The predicted octanol–water partition coefficient (Wildman–Crippen LogP) is 1.31. The Balaban J connectivity index is 1.70. The van der Waals surface area contributed by atoms with Crippen LogP contribution in [0.5, 0.6) is 0 Å². The molecule has 2 aliphatic rings. The molecule has 1 aromatic heterocycles. The average molecular weight is 316 g/mol. The minimum Gasteiger partial charge on any atom is -0.376 e. The van der Waals surface area contributed by atoms with Gasteiger partial charge in [0.05, 0.1) is 12.1 Å². The molecule has 5 nitrogen and oxygen atoms in total. The zero-order valence-electron chi connectivity index (χ0n) is 11.5. The summed E-state index contributed by atoms with van der Waals surface area (Å²) >= 11 is 1.32. The van der Waals surface area contributed by atoms with Gasteiger partial charge in [0.15, 0.2) is 0 Å². The summed E-state index contributed by atoms with van der Waals surface area (Å²) in [5.74, 6) is 0.549. The highest BCUT2D eigenvalue weighted by atomic mass is 32.2. The van der Waals surface area contributed by atoms with Crippen LogP contribution in [0, 0.1) is 5.92 Å². The van der Waals surface area contributed by atoms with Crippen LogP contribution in [0.2, 0.25) is 0 Å². The van der Waals surface area contributed by atoms with E-state index in [2.05, 4.69) is 10.0 Å². The first-order chi connectivity index (χ1) is 9.60. The molecular formula is C13H20N2O3S2. The van der Waals surface area contributed by atoms with Gasteiger partial charge in [0.2, 0.25) is 10.0 Å². The second-order valence-corrected chi connectivity index (χ2v) is 8.55. The molecule has 1 aliphatic heterocycles. The molecule has 1 aliphatic carbocycles. The second kappa shape index (κ2) is 5.73. The van der Waals surface area contributed by atoms with Crippen molar-refractivity contribution in [2.45, 2.75) is 42.2 Å². The molecule has 0 bridgehead atoms. The van der Waals surface area contributed by atoms with Crippen molar-refractivity contribution in [3.8, 4) is 0 Å². The number of rotatable bonds is 6. The number of nitrogens with one attached hydrogen (secondary N) is 2. The molecule has 2 unspecified atom stereocenters. The summed E-state index contributed by atoms with van der Waals surface area (Å²) in [4.78, 5) is 1.02. The van der Waals surface area contributed by atoms with E-state index in [9.17, 15) is 8.42 Å². The van der Waals surface area contributed by atoms with Gasteiger partial charge in [-0.15, -0.1) is 11.3 Å². The number of sulfonamides is 1. The molecule has 2 N–H and O–H groups in total. The summed E-state index contributed by atoms with van der Waals surface area (Å²) in [5.41, 5.74) is 0. The highest BCUT2D eigenvalue weighted by molar-refractivity contribution is 7.91. The van der Waals surface area contributed by atoms with E-state index in [-0.39, 0.29) is 12.1 Å². The molecular weight excluding hydrogens is 296 g/mol. The van der Waals surface area contributed by atoms with Gasteiger partial charge in [-0.05, 0) is 44.4 Å². The Kier molecular flexibility index (Phi) is 4.14. The standard InChI is InChI=1S/C13H20N2O3S2/c1-14-8-10-4-5-12(19-10)20(16,17)15-11-6-7-18-13(11)9-2-3-9/h4-5,9,11,13-15H,2-3,6-8H2,1H3. The molecule has 0 aromatic carbocycles. The van der Waals surface area contributed by atoms with Gasteiger partial charge in [-0.25, -0.2) is 13.1 Å². The van der Waals surface area contributed by atoms with Crippen LogP contribution in [0.25, 0.3) is 0 Å². The van der Waals surface area contributed by atoms with Crippen molar-refractivity contribution in [2.75, 3.05) is 13.7 Å². The van der Waals surface area contributed by atoms with Crippen LogP contribution in [-0.2, 0) is 21.3 Å². The number of hydrogen-bond donors (Lipinski definition) is 2. The van der Waals surface area contributed by atoms with Crippen LogP contribution < -0.4 is 10.0 Å². The first-order valence-electron chi connectivity index (χ1n) is 6.97. The minimum atomic E-state index is -3.42. The van der Waals surface area contributed by atoms with Crippen molar-refractivity contribution < 1.29 is 13.2 Å². The van der Waals surface area contributed by atoms with E-state index in [0.29, 0.717) is 23.3 Å². The monoisotopic (exact) mass is 316 g/mol. The Morgan fingerprint density at radius 3 is 2.85 bits per heavy atom. The first-order valence-corrected chi connectivity index (χ1v) is 9.27. The van der Waals surface area contributed by atoms with Crippen molar-refractivity contribution in [3.05, 3.63) is 17.0 Å². The molecule has 1 saturated carbocycles. The number of hydrogen-bond acceptors (Lipinski definition) is 5. The van der Waals surface area contributed by atoms with Crippen LogP contribution in [0.1, 0.15) is 24.1 Å². The Hall–Kier alpha value is -0.470. The third-order valence-electron chi connectivity index (χ3n) is 3.78. The topological polar surface area (TPSA) is 67.4 Å². The molecule has 7 heteroatoms. The summed E-state index contributed by atoms with van der Waals surface area (Å²) in [5, 5.41) is 3.03. The van der Waals surface area contributed by atoms with Gasteiger partial charge in [-0.2, -0.15) is 0 Å². The van der Waals surface area contributed by atoms with Crippen LogP contribution in [0.3, 0.4) is 0 Å². The fraction of sp³-hybridized carbons (Fsp3) is 0.692. The third kappa shape index (κ3) is 3.07. The fourth-order valence-corrected chi connectivity index (χ4v) is 5.32. The van der Waals surface area contributed by atoms with Crippen LogP contribution in [0.4, 0.5) is 0 Å². The van der Waals surface area contributed by atoms with Crippen LogP contribution in [-0.4, -0.2) is 34.2 Å². The normalized spacial score (nSPS) is 27.1. The van der Waals surface area contributed by atoms with Crippen molar-refractivity contribution >= 4 is 21.4 Å². The minimum absolute atomic E-state index is 0.0673. The zero-order valence-corrected chi connectivity index (χ0v) is 13.1. The Bertz CT molecular complexity index is 566. The van der Waals surface area contributed by atoms with Gasteiger partial charge >= 0.3 is 0 Å². The summed E-state index contributed by atoms with van der Waals surface area (Å²) in [6, 6.07) is 3.48. The van der Waals surface area contributed by atoms with Gasteiger partial charge in [-0.1, -0.05) is 0 Å². The molecule has 1 aromatic rings. The van der Waals surface area contributed by atoms with E-state index in [1.165, 1.54) is 11.3 Å². The van der Waals surface area contributed by atoms with Gasteiger partial charge in [0.1, 0.15) is 4.21 Å². The predicted molar refractivity (Wildman–Crippen MR) is 78.3 cm³/mol. The van der Waals surface area contributed by atoms with Gasteiger partial charge in [0.25, 0.3) is 0 Å². The molecule has 0 amide bonds. The fourth-order valence-electron chi connectivity index (χ4n) is 2.66. The van der Waals surface area contributed by atoms with E-state index in [0.717, 1.165) is 24.1 Å². The molecule has 3 rings (SSSR count). The lowest BCUT2D eigenvalue weighted by Gasteiger charge is -2.18. The lowest BCUT2D eigenvalue weighted by Crippen LogP contribution is -2.41.